The molecular weight excluding hydrogens is 300 g/mol. The first-order valence-electron chi connectivity index (χ1n) is 9.01. The largest absolute Gasteiger partial charge is 0.353 e. The maximum absolute atomic E-state index is 12.4. The summed E-state index contributed by atoms with van der Waals surface area (Å²) in [6.45, 7) is 0. The van der Waals surface area contributed by atoms with Crippen LogP contribution in [0, 0.1) is 0 Å². The van der Waals surface area contributed by atoms with Gasteiger partial charge in [0.15, 0.2) is 0 Å². The molecule has 0 aliphatic heterocycles. The normalized spacial score (nSPS) is 26.1. The Kier molecular flexibility index (Phi) is 4.32. The number of rotatable bonds is 4. The lowest BCUT2D eigenvalue weighted by Gasteiger charge is -2.29. The van der Waals surface area contributed by atoms with Crippen LogP contribution in [-0.4, -0.2) is 26.7 Å². The van der Waals surface area contributed by atoms with Crippen LogP contribution < -0.4 is 5.32 Å². The van der Waals surface area contributed by atoms with E-state index in [0.29, 0.717) is 24.4 Å². The van der Waals surface area contributed by atoms with Gasteiger partial charge in [-0.1, -0.05) is 24.3 Å². The molecule has 1 aromatic heterocycles. The number of hydrogen-bond donors (Lipinski definition) is 1. The summed E-state index contributed by atoms with van der Waals surface area (Å²) in [6.07, 6.45) is 10.4. The highest BCUT2D eigenvalue weighted by molar-refractivity contribution is 5.77. The zero-order valence-electron chi connectivity index (χ0n) is 13.9. The fourth-order valence-electron chi connectivity index (χ4n) is 4.26. The van der Waals surface area contributed by atoms with Crippen LogP contribution in [-0.2, 0) is 11.2 Å². The summed E-state index contributed by atoms with van der Waals surface area (Å²) < 4.78 is 1.95. The summed E-state index contributed by atoms with van der Waals surface area (Å²) in [6, 6.07) is 9.30. The Hall–Kier alpha value is -2.17. The minimum absolute atomic E-state index is 0.209. The van der Waals surface area contributed by atoms with Gasteiger partial charge in [0.25, 0.3) is 0 Å². The molecule has 1 aromatic carbocycles. The third kappa shape index (κ3) is 3.21. The Bertz CT molecular complexity index is 689. The van der Waals surface area contributed by atoms with Gasteiger partial charge in [-0.25, -0.2) is 9.67 Å². The topological polar surface area (TPSA) is 59.8 Å². The van der Waals surface area contributed by atoms with Crippen LogP contribution in [0.5, 0.6) is 0 Å². The highest BCUT2D eigenvalue weighted by atomic mass is 16.1. The number of nitrogens with one attached hydrogen (secondary N) is 1. The highest BCUT2D eigenvalue weighted by Crippen LogP contribution is 2.35. The molecule has 0 saturated heterocycles. The van der Waals surface area contributed by atoms with Crippen molar-refractivity contribution >= 4 is 5.91 Å². The van der Waals surface area contributed by atoms with Gasteiger partial charge in [-0.3, -0.25) is 4.79 Å². The van der Waals surface area contributed by atoms with Gasteiger partial charge in [0, 0.05) is 12.5 Å². The van der Waals surface area contributed by atoms with Crippen LogP contribution in [0.25, 0.3) is 0 Å². The molecule has 4 rings (SSSR count). The fourth-order valence-corrected chi connectivity index (χ4v) is 4.26. The Labute approximate surface area is 142 Å². The summed E-state index contributed by atoms with van der Waals surface area (Å²) in [5.74, 6) is 0.605. The molecule has 1 fully saturated rings. The quantitative estimate of drug-likeness (QED) is 0.940. The van der Waals surface area contributed by atoms with Gasteiger partial charge in [-0.15, -0.1) is 0 Å². The third-order valence-electron chi connectivity index (χ3n) is 5.56. The second-order valence-corrected chi connectivity index (χ2v) is 7.09. The van der Waals surface area contributed by atoms with Crippen LogP contribution >= 0.6 is 0 Å². The van der Waals surface area contributed by atoms with Crippen molar-refractivity contribution in [1.82, 2.24) is 20.1 Å². The summed E-state index contributed by atoms with van der Waals surface area (Å²) in [5, 5.41) is 7.49. The molecule has 2 aliphatic rings. The van der Waals surface area contributed by atoms with E-state index < -0.39 is 0 Å². The molecule has 1 saturated carbocycles. The van der Waals surface area contributed by atoms with E-state index in [1.165, 1.54) is 11.1 Å². The number of benzene rings is 1. The van der Waals surface area contributed by atoms with Crippen molar-refractivity contribution in [3.63, 3.8) is 0 Å². The molecule has 5 nitrogen and oxygen atoms in total. The first-order valence-corrected chi connectivity index (χ1v) is 9.01. The predicted molar refractivity (Wildman–Crippen MR) is 91.6 cm³/mol. The van der Waals surface area contributed by atoms with E-state index in [4.69, 9.17) is 0 Å². The van der Waals surface area contributed by atoms with Crippen LogP contribution in [0.4, 0.5) is 0 Å². The first-order chi connectivity index (χ1) is 11.8. The number of carbonyl (C=O) groups excluding carboxylic acids is 1. The molecule has 1 atom stereocenters. The molecule has 1 unspecified atom stereocenters. The number of aryl methyl sites for hydroxylation is 1. The van der Waals surface area contributed by atoms with Crippen molar-refractivity contribution in [2.24, 2.45) is 0 Å². The minimum atomic E-state index is 0.209. The number of aromatic nitrogens is 3. The molecular formula is C19H24N4O. The number of amides is 1. The molecule has 1 heterocycles. The average Bonchev–Trinajstić information content (AvgIpc) is 3.26. The van der Waals surface area contributed by atoms with E-state index >= 15 is 0 Å². The van der Waals surface area contributed by atoms with E-state index in [1.807, 2.05) is 4.68 Å². The monoisotopic (exact) mass is 324 g/mol. The molecule has 1 amide bonds. The van der Waals surface area contributed by atoms with E-state index in [1.54, 1.807) is 12.7 Å². The molecule has 2 aliphatic carbocycles. The van der Waals surface area contributed by atoms with Crippen LogP contribution in [0.3, 0.4) is 0 Å². The lowest BCUT2D eigenvalue weighted by molar-refractivity contribution is -0.122. The number of nitrogens with zero attached hydrogens (tertiary/aromatic N) is 3. The zero-order chi connectivity index (χ0) is 16.4. The minimum Gasteiger partial charge on any atom is -0.353 e. The number of carbonyl (C=O) groups is 1. The Morgan fingerprint density at radius 3 is 2.79 bits per heavy atom. The number of fused-ring (bicyclic) bond motifs is 1. The first kappa shape index (κ1) is 15.4. The molecule has 0 bridgehead atoms. The summed E-state index contributed by atoms with van der Waals surface area (Å²) in [5.41, 5.74) is 2.80. The van der Waals surface area contributed by atoms with Gasteiger partial charge in [-0.2, -0.15) is 5.10 Å². The summed E-state index contributed by atoms with van der Waals surface area (Å²) >= 11 is 0. The zero-order valence-corrected chi connectivity index (χ0v) is 13.9. The van der Waals surface area contributed by atoms with Gasteiger partial charge in [0.1, 0.15) is 12.7 Å². The average molecular weight is 324 g/mol. The smallest absolute Gasteiger partial charge is 0.220 e. The summed E-state index contributed by atoms with van der Waals surface area (Å²) in [7, 11) is 0. The molecule has 24 heavy (non-hydrogen) atoms. The van der Waals surface area contributed by atoms with Crippen LogP contribution in [0.1, 0.15) is 61.6 Å². The van der Waals surface area contributed by atoms with E-state index in [0.717, 1.165) is 38.5 Å². The molecule has 126 valence electrons. The Morgan fingerprint density at radius 1 is 1.17 bits per heavy atom. The van der Waals surface area contributed by atoms with Crippen molar-refractivity contribution in [3.05, 3.63) is 48.0 Å². The molecule has 0 spiro atoms. The second-order valence-electron chi connectivity index (χ2n) is 7.09. The highest BCUT2D eigenvalue weighted by Gasteiger charge is 2.27. The standard InChI is InChI=1S/C19H24N4O/c24-19(11-15-6-5-14-3-1-2-4-18(14)15)22-16-7-9-17(10-8-16)23-13-20-12-21-23/h1-4,12-13,15-17H,5-11H2,(H,22,24). The van der Waals surface area contributed by atoms with Crippen molar-refractivity contribution in [1.29, 1.82) is 0 Å². The van der Waals surface area contributed by atoms with Crippen molar-refractivity contribution in [2.75, 3.05) is 0 Å². The Balaban J connectivity index is 1.27. The molecule has 1 N–H and O–H groups in total. The van der Waals surface area contributed by atoms with E-state index in [2.05, 4.69) is 39.7 Å². The lowest BCUT2D eigenvalue weighted by atomic mass is 9.90. The van der Waals surface area contributed by atoms with E-state index in [-0.39, 0.29) is 5.91 Å². The van der Waals surface area contributed by atoms with Crippen molar-refractivity contribution < 1.29 is 4.79 Å². The summed E-state index contributed by atoms with van der Waals surface area (Å²) in [4.78, 5) is 16.5. The van der Waals surface area contributed by atoms with Gasteiger partial charge >= 0.3 is 0 Å². The van der Waals surface area contributed by atoms with Crippen LogP contribution in [0.2, 0.25) is 0 Å². The van der Waals surface area contributed by atoms with Crippen molar-refractivity contribution in [2.45, 2.75) is 62.9 Å². The lowest BCUT2D eigenvalue weighted by Crippen LogP contribution is -2.38. The SMILES string of the molecule is O=C(CC1CCc2ccccc21)NC1CCC(n2cncn2)CC1. The maximum atomic E-state index is 12.4. The van der Waals surface area contributed by atoms with Crippen molar-refractivity contribution in [3.8, 4) is 0 Å². The molecule has 2 aromatic rings. The fraction of sp³-hybridized carbons (Fsp3) is 0.526. The second kappa shape index (κ2) is 6.75. The maximum Gasteiger partial charge on any atom is 0.220 e. The van der Waals surface area contributed by atoms with Gasteiger partial charge in [0.2, 0.25) is 5.91 Å². The van der Waals surface area contributed by atoms with E-state index in [9.17, 15) is 4.79 Å². The molecule has 0 radical (unpaired) electrons. The van der Waals surface area contributed by atoms with Crippen LogP contribution in [0.15, 0.2) is 36.9 Å². The van der Waals surface area contributed by atoms with Gasteiger partial charge in [0.05, 0.1) is 6.04 Å². The molecule has 5 heteroatoms. The number of hydrogen-bond acceptors (Lipinski definition) is 3. The predicted octanol–water partition coefficient (Wildman–Crippen LogP) is 3.00. The third-order valence-corrected chi connectivity index (χ3v) is 5.56. The Morgan fingerprint density at radius 2 is 2.00 bits per heavy atom. The van der Waals surface area contributed by atoms with Gasteiger partial charge < -0.3 is 5.32 Å². The van der Waals surface area contributed by atoms with Gasteiger partial charge in [-0.05, 0) is 55.6 Å².